The van der Waals surface area contributed by atoms with E-state index in [1.54, 1.807) is 6.92 Å². The molecule has 0 fully saturated rings. The highest BCUT2D eigenvalue weighted by molar-refractivity contribution is 7.93. The number of alkyl halides is 1. The minimum absolute atomic E-state index is 0.116. The third-order valence-electron chi connectivity index (χ3n) is 2.16. The fraction of sp³-hybridized carbons (Fsp3) is 0.667. The second-order valence-corrected chi connectivity index (χ2v) is 6.61. The summed E-state index contributed by atoms with van der Waals surface area (Å²) in [6.07, 6.45) is 2.58. The van der Waals surface area contributed by atoms with Gasteiger partial charge in [-0.3, -0.25) is 0 Å². The molecule has 1 atom stereocenters. The Balaban J connectivity index is 2.81. The standard InChI is InChI=1S/C9H15ClN4O3S/c1-3-17-9(10,18(15,16)4-2)5-12-8-13-6-11-7-14-8/h6-7H,3-5H2,1-2H3,(H,11,12,13,14). The molecule has 1 unspecified atom stereocenters. The Kier molecular flexibility index (Phi) is 5.24. The number of hydrogen-bond donors (Lipinski definition) is 1. The van der Waals surface area contributed by atoms with Gasteiger partial charge in [-0.05, 0) is 6.92 Å². The summed E-state index contributed by atoms with van der Waals surface area (Å²) in [6.45, 7) is 3.21. The van der Waals surface area contributed by atoms with Crippen molar-refractivity contribution in [2.24, 2.45) is 0 Å². The molecule has 0 aliphatic carbocycles. The van der Waals surface area contributed by atoms with E-state index in [0.29, 0.717) is 0 Å². The van der Waals surface area contributed by atoms with Gasteiger partial charge in [-0.2, -0.15) is 0 Å². The highest BCUT2D eigenvalue weighted by Crippen LogP contribution is 2.25. The lowest BCUT2D eigenvalue weighted by Gasteiger charge is -2.26. The second kappa shape index (κ2) is 6.26. The van der Waals surface area contributed by atoms with Crippen LogP contribution in [-0.4, -0.2) is 46.7 Å². The molecule has 18 heavy (non-hydrogen) atoms. The molecular formula is C9H15ClN4O3S. The zero-order valence-corrected chi connectivity index (χ0v) is 11.7. The van der Waals surface area contributed by atoms with Crippen LogP contribution in [0.4, 0.5) is 5.95 Å². The summed E-state index contributed by atoms with van der Waals surface area (Å²) in [5.74, 6) is 0.121. The van der Waals surface area contributed by atoms with Crippen LogP contribution in [0.1, 0.15) is 13.8 Å². The molecule has 0 saturated heterocycles. The first-order valence-electron chi connectivity index (χ1n) is 5.36. The minimum Gasteiger partial charge on any atom is -0.349 e. The molecule has 1 aromatic rings. The van der Waals surface area contributed by atoms with E-state index in [-0.39, 0.29) is 24.9 Å². The number of nitrogens with zero attached hydrogens (tertiary/aromatic N) is 3. The lowest BCUT2D eigenvalue weighted by atomic mass is 10.6. The molecule has 0 saturated carbocycles. The Morgan fingerprint density at radius 3 is 2.50 bits per heavy atom. The molecule has 1 aromatic heterocycles. The first kappa shape index (κ1) is 15.1. The summed E-state index contributed by atoms with van der Waals surface area (Å²) in [6, 6.07) is 0. The van der Waals surface area contributed by atoms with Crippen molar-refractivity contribution in [2.75, 3.05) is 24.2 Å². The van der Waals surface area contributed by atoms with E-state index in [0.717, 1.165) is 0 Å². The number of ether oxygens (including phenoxy) is 1. The average Bonchev–Trinajstić information content (AvgIpc) is 2.38. The Labute approximate surface area is 111 Å². The fourth-order valence-electron chi connectivity index (χ4n) is 1.20. The lowest BCUT2D eigenvalue weighted by molar-refractivity contribution is 0.0953. The largest absolute Gasteiger partial charge is 0.349 e. The highest BCUT2D eigenvalue weighted by atomic mass is 35.5. The van der Waals surface area contributed by atoms with Crippen LogP contribution >= 0.6 is 11.6 Å². The molecule has 7 nitrogen and oxygen atoms in total. The Bertz CT molecular complexity index is 470. The van der Waals surface area contributed by atoms with Gasteiger partial charge in [-0.15, -0.1) is 0 Å². The normalized spacial score (nSPS) is 15.1. The summed E-state index contributed by atoms with van der Waals surface area (Å²) >= 11 is 6.04. The van der Waals surface area contributed by atoms with Crippen molar-refractivity contribution in [3.8, 4) is 0 Å². The van der Waals surface area contributed by atoms with Crippen molar-refractivity contribution in [1.29, 1.82) is 0 Å². The highest BCUT2D eigenvalue weighted by Gasteiger charge is 2.41. The van der Waals surface area contributed by atoms with Crippen LogP contribution in [0.15, 0.2) is 12.7 Å². The van der Waals surface area contributed by atoms with Crippen LogP contribution in [0.3, 0.4) is 0 Å². The number of anilines is 1. The SMILES string of the molecule is CCOC(Cl)(CNc1ncncn1)S(=O)(=O)CC. The van der Waals surface area contributed by atoms with Gasteiger partial charge < -0.3 is 10.1 Å². The molecule has 102 valence electrons. The number of aromatic nitrogens is 3. The summed E-state index contributed by atoms with van der Waals surface area (Å²) in [7, 11) is -3.58. The molecular weight excluding hydrogens is 280 g/mol. The topological polar surface area (TPSA) is 94.1 Å². The molecule has 1 N–H and O–H groups in total. The van der Waals surface area contributed by atoms with Gasteiger partial charge in [0.05, 0.1) is 12.3 Å². The molecule has 0 spiro atoms. The monoisotopic (exact) mass is 294 g/mol. The average molecular weight is 295 g/mol. The smallest absolute Gasteiger partial charge is 0.261 e. The molecule has 0 bridgehead atoms. The fourth-order valence-corrected chi connectivity index (χ4v) is 2.72. The molecule has 1 heterocycles. The summed E-state index contributed by atoms with van der Waals surface area (Å²) in [5.41, 5.74) is 0. The Morgan fingerprint density at radius 1 is 1.39 bits per heavy atom. The van der Waals surface area contributed by atoms with E-state index in [2.05, 4.69) is 20.3 Å². The second-order valence-electron chi connectivity index (χ2n) is 3.31. The van der Waals surface area contributed by atoms with Gasteiger partial charge in [0.2, 0.25) is 5.95 Å². The Hall–Kier alpha value is -0.990. The van der Waals surface area contributed by atoms with Crippen molar-refractivity contribution >= 4 is 27.4 Å². The number of rotatable bonds is 7. The quantitative estimate of drug-likeness (QED) is 0.738. The van der Waals surface area contributed by atoms with Crippen molar-refractivity contribution in [2.45, 2.75) is 18.2 Å². The van der Waals surface area contributed by atoms with Gasteiger partial charge in [0.15, 0.2) is 9.84 Å². The number of sulfone groups is 1. The Morgan fingerprint density at radius 2 is 2.00 bits per heavy atom. The van der Waals surface area contributed by atoms with Gasteiger partial charge >= 0.3 is 0 Å². The van der Waals surface area contributed by atoms with E-state index >= 15 is 0 Å². The van der Waals surface area contributed by atoms with Crippen molar-refractivity contribution < 1.29 is 13.2 Å². The zero-order valence-electron chi connectivity index (χ0n) is 10.1. The van der Waals surface area contributed by atoms with E-state index < -0.39 is 14.2 Å². The maximum Gasteiger partial charge on any atom is 0.261 e. The van der Waals surface area contributed by atoms with Crippen molar-refractivity contribution in [3.63, 3.8) is 0 Å². The van der Waals surface area contributed by atoms with Gasteiger partial charge in [0.1, 0.15) is 12.7 Å². The predicted molar refractivity (Wildman–Crippen MR) is 68.0 cm³/mol. The van der Waals surface area contributed by atoms with Crippen LogP contribution in [0.2, 0.25) is 0 Å². The third-order valence-corrected chi connectivity index (χ3v) is 5.05. The zero-order chi connectivity index (χ0) is 13.6. The summed E-state index contributed by atoms with van der Waals surface area (Å²) < 4.78 is 27.1. The van der Waals surface area contributed by atoms with Gasteiger partial charge in [0, 0.05) is 6.61 Å². The van der Waals surface area contributed by atoms with E-state index in [1.165, 1.54) is 19.6 Å². The minimum atomic E-state index is -3.58. The first-order valence-corrected chi connectivity index (χ1v) is 7.39. The molecule has 1 rings (SSSR count). The van der Waals surface area contributed by atoms with Gasteiger partial charge in [-0.25, -0.2) is 23.4 Å². The van der Waals surface area contributed by atoms with Crippen LogP contribution in [0.25, 0.3) is 0 Å². The molecule has 0 aliphatic rings. The van der Waals surface area contributed by atoms with E-state index in [1.807, 2.05) is 0 Å². The number of hydrogen-bond acceptors (Lipinski definition) is 7. The van der Waals surface area contributed by atoms with Gasteiger partial charge in [0.25, 0.3) is 4.39 Å². The maximum atomic E-state index is 11.9. The third kappa shape index (κ3) is 3.50. The molecule has 0 aliphatic heterocycles. The summed E-state index contributed by atoms with van der Waals surface area (Å²) in [5, 5.41) is 2.71. The van der Waals surface area contributed by atoms with Crippen molar-refractivity contribution in [1.82, 2.24) is 15.0 Å². The van der Waals surface area contributed by atoms with Crippen LogP contribution in [0, 0.1) is 0 Å². The lowest BCUT2D eigenvalue weighted by Crippen LogP contribution is -2.43. The number of nitrogens with one attached hydrogen (secondary N) is 1. The molecule has 9 heteroatoms. The number of halogens is 1. The van der Waals surface area contributed by atoms with Crippen molar-refractivity contribution in [3.05, 3.63) is 12.7 Å². The molecule has 0 aromatic carbocycles. The maximum absolute atomic E-state index is 11.9. The van der Waals surface area contributed by atoms with E-state index in [9.17, 15) is 8.42 Å². The van der Waals surface area contributed by atoms with E-state index in [4.69, 9.17) is 16.3 Å². The van der Waals surface area contributed by atoms with Crippen LogP contribution in [0.5, 0.6) is 0 Å². The summed E-state index contributed by atoms with van der Waals surface area (Å²) in [4.78, 5) is 11.3. The predicted octanol–water partition coefficient (Wildman–Crippen LogP) is 0.647. The molecule has 0 radical (unpaired) electrons. The van der Waals surface area contributed by atoms with Gasteiger partial charge in [-0.1, -0.05) is 18.5 Å². The molecule has 0 amide bonds. The first-order chi connectivity index (χ1) is 8.45. The van der Waals surface area contributed by atoms with Crippen LogP contribution < -0.4 is 5.32 Å². The van der Waals surface area contributed by atoms with Crippen LogP contribution in [-0.2, 0) is 14.6 Å².